The standard InChI is InChI=1S/C21H25BrF3N5O2/c1-3-30-19(18(22)14(2)27-30)20(32)29-10-6-9-28(11-12-29)13-17(31)26-16-8-5-4-7-15(16)21(23,24)25/h4-5,7-8H,3,6,9-13H2,1-2H3,(H,26,31). The van der Waals surface area contributed by atoms with Crippen molar-refractivity contribution in [1.82, 2.24) is 19.6 Å². The molecule has 2 amide bonds. The highest BCUT2D eigenvalue weighted by molar-refractivity contribution is 9.10. The summed E-state index contributed by atoms with van der Waals surface area (Å²) in [7, 11) is 0. The van der Waals surface area contributed by atoms with Gasteiger partial charge in [-0.2, -0.15) is 18.3 Å². The first-order valence-electron chi connectivity index (χ1n) is 10.3. The number of anilines is 1. The van der Waals surface area contributed by atoms with Gasteiger partial charge in [0, 0.05) is 32.7 Å². The highest BCUT2D eigenvalue weighted by atomic mass is 79.9. The Hall–Kier alpha value is -2.40. The average Bonchev–Trinajstić information content (AvgIpc) is 2.89. The molecule has 1 fully saturated rings. The Morgan fingerprint density at radius 1 is 1.16 bits per heavy atom. The van der Waals surface area contributed by atoms with E-state index < -0.39 is 17.6 Å². The molecule has 7 nitrogen and oxygen atoms in total. The summed E-state index contributed by atoms with van der Waals surface area (Å²) in [5.74, 6) is -0.659. The predicted molar refractivity (Wildman–Crippen MR) is 117 cm³/mol. The molecule has 1 aromatic heterocycles. The summed E-state index contributed by atoms with van der Waals surface area (Å²) >= 11 is 3.45. The number of carbonyl (C=O) groups is 2. The zero-order valence-electron chi connectivity index (χ0n) is 17.9. The molecule has 0 saturated carbocycles. The monoisotopic (exact) mass is 515 g/mol. The summed E-state index contributed by atoms with van der Waals surface area (Å²) in [4.78, 5) is 29.1. The van der Waals surface area contributed by atoms with E-state index in [-0.39, 0.29) is 18.1 Å². The summed E-state index contributed by atoms with van der Waals surface area (Å²) in [5.41, 5.74) is 0.0986. The normalized spacial score (nSPS) is 15.5. The second-order valence-corrected chi connectivity index (χ2v) is 8.37. The third-order valence-electron chi connectivity index (χ3n) is 5.31. The summed E-state index contributed by atoms with van der Waals surface area (Å²) in [6, 6.07) is 4.90. The van der Waals surface area contributed by atoms with Crippen LogP contribution >= 0.6 is 15.9 Å². The first-order valence-corrected chi connectivity index (χ1v) is 11.1. The number of nitrogens with zero attached hydrogens (tertiary/aromatic N) is 4. The van der Waals surface area contributed by atoms with Crippen LogP contribution < -0.4 is 5.32 Å². The number of halogens is 4. The van der Waals surface area contributed by atoms with Crippen molar-refractivity contribution in [3.63, 3.8) is 0 Å². The van der Waals surface area contributed by atoms with E-state index in [2.05, 4.69) is 26.3 Å². The minimum atomic E-state index is -4.55. The molecule has 2 heterocycles. The Labute approximate surface area is 192 Å². The third-order valence-corrected chi connectivity index (χ3v) is 6.26. The second kappa shape index (κ2) is 10.0. The molecule has 3 rings (SSSR count). The van der Waals surface area contributed by atoms with E-state index in [1.165, 1.54) is 18.2 Å². The molecule has 1 aliphatic rings. The maximum Gasteiger partial charge on any atom is 0.418 e. The van der Waals surface area contributed by atoms with E-state index in [1.54, 1.807) is 9.58 Å². The van der Waals surface area contributed by atoms with Crippen LogP contribution in [0.1, 0.15) is 35.1 Å². The van der Waals surface area contributed by atoms with E-state index in [0.717, 1.165) is 11.8 Å². The highest BCUT2D eigenvalue weighted by Crippen LogP contribution is 2.34. The minimum absolute atomic E-state index is 0.0517. The first-order chi connectivity index (χ1) is 15.1. The van der Waals surface area contributed by atoms with Gasteiger partial charge >= 0.3 is 6.18 Å². The van der Waals surface area contributed by atoms with E-state index in [4.69, 9.17) is 0 Å². The molecule has 0 spiro atoms. The predicted octanol–water partition coefficient (Wildman–Crippen LogP) is 3.78. The number of benzene rings is 1. The van der Waals surface area contributed by atoms with Crippen LogP contribution in [0, 0.1) is 6.92 Å². The molecule has 174 valence electrons. The average molecular weight is 516 g/mol. The van der Waals surface area contributed by atoms with Gasteiger partial charge in [0.1, 0.15) is 5.69 Å². The second-order valence-electron chi connectivity index (χ2n) is 7.58. The molecule has 1 aliphatic heterocycles. The number of alkyl halides is 3. The molecule has 0 bridgehead atoms. The van der Waals surface area contributed by atoms with Crippen molar-refractivity contribution in [1.29, 1.82) is 0 Å². The zero-order chi connectivity index (χ0) is 23.5. The van der Waals surface area contributed by atoms with E-state index >= 15 is 0 Å². The number of hydrogen-bond acceptors (Lipinski definition) is 4. The van der Waals surface area contributed by atoms with Gasteiger partial charge in [-0.3, -0.25) is 19.2 Å². The fourth-order valence-corrected chi connectivity index (χ4v) is 4.16. The van der Waals surface area contributed by atoms with Gasteiger partial charge in [0.05, 0.1) is 28.0 Å². The molecule has 2 aromatic rings. The molecular weight excluding hydrogens is 491 g/mol. The molecule has 1 saturated heterocycles. The number of amides is 2. The van der Waals surface area contributed by atoms with Gasteiger partial charge < -0.3 is 10.2 Å². The number of para-hydroxylation sites is 1. The zero-order valence-corrected chi connectivity index (χ0v) is 19.5. The number of aromatic nitrogens is 2. The Morgan fingerprint density at radius 2 is 1.88 bits per heavy atom. The molecule has 1 aromatic carbocycles. The van der Waals surface area contributed by atoms with Crippen LogP contribution in [-0.4, -0.2) is 64.1 Å². The van der Waals surface area contributed by atoms with Crippen LogP contribution in [0.3, 0.4) is 0 Å². The molecule has 0 unspecified atom stereocenters. The first kappa shape index (κ1) is 24.2. The van der Waals surface area contributed by atoms with Crippen molar-refractivity contribution < 1.29 is 22.8 Å². The Balaban J connectivity index is 1.62. The van der Waals surface area contributed by atoms with Crippen LogP contribution in [0.15, 0.2) is 28.7 Å². The molecule has 0 atom stereocenters. The number of hydrogen-bond donors (Lipinski definition) is 1. The van der Waals surface area contributed by atoms with Crippen LogP contribution in [0.25, 0.3) is 0 Å². The number of nitrogens with one attached hydrogen (secondary N) is 1. The lowest BCUT2D eigenvalue weighted by Gasteiger charge is -2.22. The Morgan fingerprint density at radius 3 is 2.56 bits per heavy atom. The van der Waals surface area contributed by atoms with Crippen molar-refractivity contribution in [3.05, 3.63) is 45.7 Å². The van der Waals surface area contributed by atoms with Gasteiger partial charge in [-0.1, -0.05) is 12.1 Å². The van der Waals surface area contributed by atoms with Gasteiger partial charge in [-0.25, -0.2) is 0 Å². The van der Waals surface area contributed by atoms with Gasteiger partial charge in [-0.15, -0.1) is 0 Å². The van der Waals surface area contributed by atoms with E-state index in [0.29, 0.717) is 49.3 Å². The lowest BCUT2D eigenvalue weighted by atomic mass is 10.1. The lowest BCUT2D eigenvalue weighted by molar-refractivity contribution is -0.137. The van der Waals surface area contributed by atoms with Gasteiger partial charge in [0.25, 0.3) is 5.91 Å². The largest absolute Gasteiger partial charge is 0.418 e. The molecule has 1 N–H and O–H groups in total. The van der Waals surface area contributed by atoms with Crippen LogP contribution in [0.5, 0.6) is 0 Å². The number of aryl methyl sites for hydroxylation is 2. The molecule has 0 radical (unpaired) electrons. The summed E-state index contributed by atoms with van der Waals surface area (Å²) in [5, 5.41) is 6.74. The Kier molecular flexibility index (Phi) is 7.60. The van der Waals surface area contributed by atoms with Crippen molar-refractivity contribution in [2.45, 2.75) is 33.0 Å². The van der Waals surface area contributed by atoms with Crippen LogP contribution in [0.4, 0.5) is 18.9 Å². The van der Waals surface area contributed by atoms with Crippen molar-refractivity contribution in [2.24, 2.45) is 0 Å². The summed E-state index contributed by atoms with van der Waals surface area (Å²) < 4.78 is 41.8. The SMILES string of the molecule is CCn1nc(C)c(Br)c1C(=O)N1CCCN(CC(=O)Nc2ccccc2C(F)(F)F)CC1. The molecular formula is C21H25BrF3N5O2. The fourth-order valence-electron chi connectivity index (χ4n) is 3.71. The lowest BCUT2D eigenvalue weighted by Crippen LogP contribution is -2.38. The van der Waals surface area contributed by atoms with E-state index in [9.17, 15) is 22.8 Å². The summed E-state index contributed by atoms with van der Waals surface area (Å²) in [6.45, 7) is 6.18. The van der Waals surface area contributed by atoms with Crippen molar-refractivity contribution in [3.8, 4) is 0 Å². The smallest absolute Gasteiger partial charge is 0.336 e. The van der Waals surface area contributed by atoms with Gasteiger partial charge in [0.2, 0.25) is 5.91 Å². The maximum atomic E-state index is 13.1. The quantitative estimate of drug-likeness (QED) is 0.657. The van der Waals surface area contributed by atoms with Gasteiger partial charge in [0.15, 0.2) is 0 Å². The number of carbonyl (C=O) groups excluding carboxylic acids is 2. The minimum Gasteiger partial charge on any atom is -0.336 e. The fraction of sp³-hybridized carbons (Fsp3) is 0.476. The van der Waals surface area contributed by atoms with Gasteiger partial charge in [-0.05, 0) is 48.3 Å². The topological polar surface area (TPSA) is 70.5 Å². The Bertz CT molecular complexity index is 992. The van der Waals surface area contributed by atoms with Crippen LogP contribution in [-0.2, 0) is 17.5 Å². The maximum absolute atomic E-state index is 13.1. The molecule has 0 aliphatic carbocycles. The third kappa shape index (κ3) is 5.50. The van der Waals surface area contributed by atoms with E-state index in [1.807, 2.05) is 18.7 Å². The number of rotatable bonds is 5. The highest BCUT2D eigenvalue weighted by Gasteiger charge is 2.34. The van der Waals surface area contributed by atoms with Crippen molar-refractivity contribution in [2.75, 3.05) is 38.0 Å². The molecule has 11 heteroatoms. The van der Waals surface area contributed by atoms with Crippen molar-refractivity contribution >= 4 is 33.4 Å². The summed E-state index contributed by atoms with van der Waals surface area (Å²) in [6.07, 6.45) is -3.90. The molecule has 32 heavy (non-hydrogen) atoms. The van der Waals surface area contributed by atoms with Crippen LogP contribution in [0.2, 0.25) is 0 Å².